The molecule has 0 aromatic heterocycles. The van der Waals surface area contributed by atoms with Crippen LogP contribution in [0.2, 0.25) is 0 Å². The second-order valence-corrected chi connectivity index (χ2v) is 4.93. The lowest BCUT2D eigenvalue weighted by atomic mass is 10.2. The normalized spacial score (nSPS) is 15.4. The van der Waals surface area contributed by atoms with Gasteiger partial charge in [-0.3, -0.25) is 14.9 Å². The molecule has 1 heterocycles. The molecule has 1 aromatic rings. The van der Waals surface area contributed by atoms with Crippen LogP contribution in [0.25, 0.3) is 0 Å². The van der Waals surface area contributed by atoms with Gasteiger partial charge in [0.1, 0.15) is 0 Å². The molecular formula is C13H17N4O4+. The summed E-state index contributed by atoms with van der Waals surface area (Å²) in [6, 6.07) is 3.89. The Bertz CT molecular complexity index is 567. The van der Waals surface area contributed by atoms with Gasteiger partial charge in [0.25, 0.3) is 5.91 Å². The largest absolute Gasteiger partial charge is 0.502 e. The predicted octanol–water partition coefficient (Wildman–Crippen LogP) is -0.571. The zero-order valence-corrected chi connectivity index (χ0v) is 11.4. The Morgan fingerprint density at radius 1 is 1.48 bits per heavy atom. The first kappa shape index (κ1) is 14.9. The molecule has 0 bridgehead atoms. The SMILES string of the molecule is O=C(C[NH+]1CCCC1)NN=Cc1ccc(O)c([N+](=O)[O-])c1. The Morgan fingerprint density at radius 2 is 2.19 bits per heavy atom. The van der Waals surface area contributed by atoms with Crippen LogP contribution in [0.4, 0.5) is 5.69 Å². The third-order valence-corrected chi connectivity index (χ3v) is 3.32. The third-order valence-electron chi connectivity index (χ3n) is 3.32. The fraction of sp³-hybridized carbons (Fsp3) is 0.385. The quantitative estimate of drug-likeness (QED) is 0.383. The molecule has 1 fully saturated rings. The minimum absolute atomic E-state index is 0.184. The Morgan fingerprint density at radius 3 is 2.86 bits per heavy atom. The molecule has 3 N–H and O–H groups in total. The van der Waals surface area contributed by atoms with E-state index in [0.29, 0.717) is 12.1 Å². The number of hydrogen-bond acceptors (Lipinski definition) is 5. The van der Waals surface area contributed by atoms with E-state index >= 15 is 0 Å². The number of amides is 1. The van der Waals surface area contributed by atoms with E-state index in [-0.39, 0.29) is 5.91 Å². The van der Waals surface area contributed by atoms with Crippen LogP contribution in [0.1, 0.15) is 18.4 Å². The number of carbonyl (C=O) groups excluding carboxylic acids is 1. The Labute approximate surface area is 121 Å². The first-order valence-corrected chi connectivity index (χ1v) is 6.69. The maximum Gasteiger partial charge on any atom is 0.311 e. The second-order valence-electron chi connectivity index (χ2n) is 4.93. The monoisotopic (exact) mass is 293 g/mol. The van der Waals surface area contributed by atoms with Crippen molar-refractivity contribution in [1.82, 2.24) is 5.43 Å². The molecule has 1 aliphatic heterocycles. The van der Waals surface area contributed by atoms with Gasteiger partial charge in [-0.1, -0.05) is 0 Å². The lowest BCUT2D eigenvalue weighted by Gasteiger charge is -2.09. The summed E-state index contributed by atoms with van der Waals surface area (Å²) in [6.07, 6.45) is 3.59. The molecule has 0 spiro atoms. The Balaban J connectivity index is 1.90. The molecule has 112 valence electrons. The van der Waals surface area contributed by atoms with E-state index in [1.807, 2.05) is 0 Å². The predicted molar refractivity (Wildman–Crippen MR) is 75.3 cm³/mol. The maximum atomic E-state index is 11.6. The molecule has 0 unspecified atom stereocenters. The van der Waals surface area contributed by atoms with Gasteiger partial charge in [-0.2, -0.15) is 5.10 Å². The molecule has 0 radical (unpaired) electrons. The van der Waals surface area contributed by atoms with E-state index in [0.717, 1.165) is 25.9 Å². The second kappa shape index (κ2) is 6.80. The minimum atomic E-state index is -0.679. The van der Waals surface area contributed by atoms with Crippen LogP contribution in [-0.2, 0) is 4.79 Å². The fourth-order valence-electron chi connectivity index (χ4n) is 2.26. The number of carbonyl (C=O) groups is 1. The number of nitrogens with one attached hydrogen (secondary N) is 2. The van der Waals surface area contributed by atoms with E-state index < -0.39 is 16.4 Å². The number of benzene rings is 1. The van der Waals surface area contributed by atoms with Crippen LogP contribution < -0.4 is 10.3 Å². The van der Waals surface area contributed by atoms with Gasteiger partial charge in [0.05, 0.1) is 24.2 Å². The number of rotatable bonds is 5. The minimum Gasteiger partial charge on any atom is -0.502 e. The number of phenols is 1. The highest BCUT2D eigenvalue weighted by molar-refractivity contribution is 5.83. The number of nitro benzene ring substituents is 1. The molecule has 0 aliphatic carbocycles. The first-order chi connectivity index (χ1) is 10.1. The number of likely N-dealkylation sites (tertiary alicyclic amines) is 1. The smallest absolute Gasteiger partial charge is 0.311 e. The molecule has 1 aliphatic rings. The van der Waals surface area contributed by atoms with E-state index in [1.54, 1.807) is 0 Å². The summed E-state index contributed by atoms with van der Waals surface area (Å²) in [6.45, 7) is 2.38. The number of aromatic hydroxyl groups is 1. The van der Waals surface area contributed by atoms with Crippen molar-refractivity contribution < 1.29 is 19.7 Å². The molecule has 0 atom stereocenters. The van der Waals surface area contributed by atoms with Crippen molar-refractivity contribution >= 4 is 17.8 Å². The van der Waals surface area contributed by atoms with Gasteiger partial charge in [0.15, 0.2) is 12.3 Å². The fourth-order valence-corrected chi connectivity index (χ4v) is 2.26. The molecule has 0 saturated carbocycles. The number of hydrogen-bond donors (Lipinski definition) is 3. The van der Waals surface area contributed by atoms with Gasteiger partial charge < -0.3 is 10.0 Å². The van der Waals surface area contributed by atoms with Crippen molar-refractivity contribution in [2.24, 2.45) is 5.10 Å². The molecule has 8 heteroatoms. The number of nitro groups is 1. The van der Waals surface area contributed by atoms with Crippen LogP contribution >= 0.6 is 0 Å². The van der Waals surface area contributed by atoms with E-state index in [1.165, 1.54) is 29.3 Å². The summed E-state index contributed by atoms with van der Waals surface area (Å²) in [5.41, 5.74) is 2.43. The standard InChI is InChI=1S/C13H16N4O4/c18-12-4-3-10(7-11(12)17(20)21)8-14-15-13(19)9-16-5-1-2-6-16/h3-4,7-8,18H,1-2,5-6,9H2,(H,15,19)/p+1. The van der Waals surface area contributed by atoms with Gasteiger partial charge in [-0.05, 0) is 12.1 Å². The van der Waals surface area contributed by atoms with E-state index in [9.17, 15) is 20.0 Å². The highest BCUT2D eigenvalue weighted by Gasteiger charge is 2.18. The molecule has 21 heavy (non-hydrogen) atoms. The van der Waals surface area contributed by atoms with Gasteiger partial charge in [0.2, 0.25) is 0 Å². The van der Waals surface area contributed by atoms with Crippen LogP contribution in [0.5, 0.6) is 5.75 Å². The van der Waals surface area contributed by atoms with Crippen LogP contribution in [0.15, 0.2) is 23.3 Å². The summed E-state index contributed by atoms with van der Waals surface area (Å²) in [5, 5.41) is 23.8. The van der Waals surface area contributed by atoms with Crippen LogP contribution in [0.3, 0.4) is 0 Å². The Hall–Kier alpha value is -2.48. The van der Waals surface area contributed by atoms with Crippen molar-refractivity contribution in [1.29, 1.82) is 0 Å². The average Bonchev–Trinajstić information content (AvgIpc) is 2.93. The van der Waals surface area contributed by atoms with E-state index in [4.69, 9.17) is 0 Å². The summed E-state index contributed by atoms with van der Waals surface area (Å²) < 4.78 is 0. The zero-order chi connectivity index (χ0) is 15.2. The average molecular weight is 293 g/mol. The van der Waals surface area contributed by atoms with Crippen molar-refractivity contribution in [3.8, 4) is 5.75 Å². The molecular weight excluding hydrogens is 276 g/mol. The highest BCUT2D eigenvalue weighted by Crippen LogP contribution is 2.25. The lowest BCUT2D eigenvalue weighted by molar-refractivity contribution is -0.879. The molecule has 2 rings (SSSR count). The first-order valence-electron chi connectivity index (χ1n) is 6.69. The zero-order valence-electron chi connectivity index (χ0n) is 11.4. The summed E-state index contributed by atoms with van der Waals surface area (Å²) in [7, 11) is 0. The summed E-state index contributed by atoms with van der Waals surface area (Å²) in [4.78, 5) is 22.9. The maximum absolute atomic E-state index is 11.6. The van der Waals surface area contributed by atoms with Crippen LogP contribution in [-0.4, -0.2) is 41.8 Å². The topological polar surface area (TPSA) is 109 Å². The molecule has 1 saturated heterocycles. The molecule has 8 nitrogen and oxygen atoms in total. The van der Waals surface area contributed by atoms with Gasteiger partial charge >= 0.3 is 5.69 Å². The number of nitrogens with zero attached hydrogens (tertiary/aromatic N) is 2. The van der Waals surface area contributed by atoms with Gasteiger partial charge in [-0.15, -0.1) is 0 Å². The van der Waals surface area contributed by atoms with Gasteiger partial charge in [0, 0.05) is 24.5 Å². The molecule has 1 aromatic carbocycles. The van der Waals surface area contributed by atoms with Crippen LogP contribution in [0, 0.1) is 10.1 Å². The van der Waals surface area contributed by atoms with E-state index in [2.05, 4.69) is 10.5 Å². The summed E-state index contributed by atoms with van der Waals surface area (Å²) in [5.74, 6) is -0.588. The Kier molecular flexibility index (Phi) is 4.83. The van der Waals surface area contributed by atoms with Crippen molar-refractivity contribution in [2.75, 3.05) is 19.6 Å². The number of hydrazone groups is 1. The number of phenolic OH excluding ortho intramolecular Hbond substituents is 1. The third kappa shape index (κ3) is 4.25. The lowest BCUT2D eigenvalue weighted by Crippen LogP contribution is -3.11. The summed E-state index contributed by atoms with van der Waals surface area (Å²) >= 11 is 0. The molecule has 1 amide bonds. The highest BCUT2D eigenvalue weighted by atomic mass is 16.6. The van der Waals surface area contributed by atoms with Crippen molar-refractivity contribution in [3.63, 3.8) is 0 Å². The number of quaternary nitrogens is 1. The van der Waals surface area contributed by atoms with Crippen molar-refractivity contribution in [2.45, 2.75) is 12.8 Å². The van der Waals surface area contributed by atoms with Gasteiger partial charge in [-0.25, -0.2) is 5.43 Å². The van der Waals surface area contributed by atoms with Crippen molar-refractivity contribution in [3.05, 3.63) is 33.9 Å².